The van der Waals surface area contributed by atoms with Crippen LogP contribution in [-0.2, 0) is 17.8 Å². The van der Waals surface area contributed by atoms with Gasteiger partial charge in [-0.05, 0) is 28.7 Å². The van der Waals surface area contributed by atoms with Crippen LogP contribution in [-0.4, -0.2) is 22.3 Å². The van der Waals surface area contributed by atoms with Gasteiger partial charge in [0.05, 0.1) is 6.42 Å². The Morgan fingerprint density at radius 1 is 1.17 bits per heavy atom. The molecule has 4 rings (SSSR count). The number of hydrogen-bond donors (Lipinski definition) is 1. The summed E-state index contributed by atoms with van der Waals surface area (Å²) >= 11 is 0. The molecule has 1 aliphatic heterocycles. The molecule has 0 bridgehead atoms. The van der Waals surface area contributed by atoms with E-state index < -0.39 is 0 Å². The first-order valence-corrected chi connectivity index (χ1v) is 8.13. The number of carbonyl (C=O) groups is 1. The number of hydrogen-bond acceptors (Lipinski definition) is 1. The number of amides is 1. The highest BCUT2D eigenvalue weighted by Crippen LogP contribution is 2.28. The lowest BCUT2D eigenvalue weighted by molar-refractivity contribution is -0.131. The topological polar surface area (TPSA) is 36.1 Å². The van der Waals surface area contributed by atoms with Gasteiger partial charge in [-0.3, -0.25) is 4.79 Å². The van der Waals surface area contributed by atoms with Crippen LogP contribution in [0.15, 0.2) is 54.7 Å². The van der Waals surface area contributed by atoms with Crippen molar-refractivity contribution in [3.63, 3.8) is 0 Å². The fourth-order valence-electron chi connectivity index (χ4n) is 3.60. The van der Waals surface area contributed by atoms with Crippen molar-refractivity contribution < 1.29 is 4.79 Å². The molecule has 1 aliphatic rings. The summed E-state index contributed by atoms with van der Waals surface area (Å²) in [6.07, 6.45) is 2.42. The third-order valence-corrected chi connectivity index (χ3v) is 4.81. The van der Waals surface area contributed by atoms with Gasteiger partial charge in [0, 0.05) is 30.2 Å². The molecule has 1 N–H and O–H groups in total. The Morgan fingerprint density at radius 2 is 1.96 bits per heavy atom. The number of aromatic amines is 1. The Kier molecular flexibility index (Phi) is 3.41. The molecule has 2 heterocycles. The van der Waals surface area contributed by atoms with Crippen molar-refractivity contribution in [2.75, 3.05) is 6.54 Å². The van der Waals surface area contributed by atoms with E-state index in [-0.39, 0.29) is 5.91 Å². The van der Waals surface area contributed by atoms with E-state index in [1.165, 1.54) is 11.1 Å². The molecule has 0 aliphatic carbocycles. The van der Waals surface area contributed by atoms with Gasteiger partial charge in [0.1, 0.15) is 0 Å². The lowest BCUT2D eigenvalue weighted by atomic mass is 9.91. The van der Waals surface area contributed by atoms with Crippen LogP contribution in [0.1, 0.15) is 29.5 Å². The maximum absolute atomic E-state index is 12.8. The Bertz CT molecular complexity index is 865. The van der Waals surface area contributed by atoms with Crippen LogP contribution in [0.25, 0.3) is 10.9 Å². The molecule has 1 atom stereocenters. The van der Waals surface area contributed by atoms with Crippen molar-refractivity contribution >= 4 is 16.8 Å². The zero-order valence-electron chi connectivity index (χ0n) is 13.3. The minimum absolute atomic E-state index is 0.205. The van der Waals surface area contributed by atoms with E-state index in [4.69, 9.17) is 0 Å². The molecule has 23 heavy (non-hydrogen) atoms. The van der Waals surface area contributed by atoms with Crippen molar-refractivity contribution in [2.45, 2.75) is 25.8 Å². The molecule has 1 unspecified atom stereocenters. The number of nitrogens with zero attached hydrogens (tertiary/aromatic N) is 1. The maximum atomic E-state index is 12.8. The molecule has 2 aromatic carbocycles. The lowest BCUT2D eigenvalue weighted by Gasteiger charge is -2.33. The predicted molar refractivity (Wildman–Crippen MR) is 92.3 cm³/mol. The van der Waals surface area contributed by atoms with Gasteiger partial charge >= 0.3 is 0 Å². The zero-order valence-corrected chi connectivity index (χ0v) is 13.3. The Morgan fingerprint density at radius 3 is 2.87 bits per heavy atom. The third-order valence-electron chi connectivity index (χ3n) is 4.81. The van der Waals surface area contributed by atoms with Crippen LogP contribution >= 0.6 is 0 Å². The van der Waals surface area contributed by atoms with Crippen molar-refractivity contribution in [2.24, 2.45) is 0 Å². The highest BCUT2D eigenvalue weighted by atomic mass is 16.2. The quantitative estimate of drug-likeness (QED) is 0.767. The molecule has 0 radical (unpaired) electrons. The van der Waals surface area contributed by atoms with Gasteiger partial charge in [0.25, 0.3) is 0 Å². The lowest BCUT2D eigenvalue weighted by Crippen LogP contribution is -2.38. The second-order valence-corrected chi connectivity index (χ2v) is 6.41. The summed E-state index contributed by atoms with van der Waals surface area (Å²) in [6.45, 7) is 3.73. The summed E-state index contributed by atoms with van der Waals surface area (Å²) in [5, 5.41) is 1.14. The zero-order chi connectivity index (χ0) is 15.8. The summed E-state index contributed by atoms with van der Waals surface area (Å²) in [7, 11) is 0. The molecule has 116 valence electrons. The fourth-order valence-corrected chi connectivity index (χ4v) is 3.60. The van der Waals surface area contributed by atoms with Gasteiger partial charge in [-0.15, -0.1) is 0 Å². The maximum Gasteiger partial charge on any atom is 0.227 e. The van der Waals surface area contributed by atoms with Gasteiger partial charge < -0.3 is 9.88 Å². The van der Waals surface area contributed by atoms with Gasteiger partial charge in [0.2, 0.25) is 5.91 Å². The minimum Gasteiger partial charge on any atom is -0.361 e. The second kappa shape index (κ2) is 5.58. The first-order chi connectivity index (χ1) is 11.2. The summed E-state index contributed by atoms with van der Waals surface area (Å²) in [5.41, 5.74) is 4.83. The number of para-hydroxylation sites is 1. The van der Waals surface area contributed by atoms with E-state index in [1.807, 2.05) is 29.3 Å². The van der Waals surface area contributed by atoms with Crippen LogP contribution < -0.4 is 0 Å². The normalized spacial score (nSPS) is 17.3. The first-order valence-electron chi connectivity index (χ1n) is 8.13. The fraction of sp³-hybridized carbons (Fsp3) is 0.250. The van der Waals surface area contributed by atoms with Gasteiger partial charge in [-0.25, -0.2) is 0 Å². The van der Waals surface area contributed by atoms with Gasteiger partial charge in [-0.2, -0.15) is 0 Å². The molecule has 1 aromatic heterocycles. The number of benzene rings is 2. The molecular weight excluding hydrogens is 284 g/mol. The molecule has 0 fully saturated rings. The van der Waals surface area contributed by atoms with Crippen molar-refractivity contribution in [3.8, 4) is 0 Å². The van der Waals surface area contributed by atoms with Gasteiger partial charge in [0.15, 0.2) is 0 Å². The Balaban J connectivity index is 1.56. The molecule has 0 saturated carbocycles. The molecular formula is C20H20N2O. The van der Waals surface area contributed by atoms with Crippen LogP contribution in [0, 0.1) is 0 Å². The van der Waals surface area contributed by atoms with E-state index in [9.17, 15) is 4.79 Å². The van der Waals surface area contributed by atoms with Crippen LogP contribution in [0.2, 0.25) is 0 Å². The molecule has 3 nitrogen and oxygen atoms in total. The number of aromatic nitrogens is 1. The molecule has 0 saturated heterocycles. The third kappa shape index (κ3) is 2.52. The number of nitrogens with one attached hydrogen (secondary N) is 1. The highest BCUT2D eigenvalue weighted by Gasteiger charge is 2.25. The average Bonchev–Trinajstić information content (AvgIpc) is 2.98. The molecule has 1 amide bonds. The monoisotopic (exact) mass is 304 g/mol. The van der Waals surface area contributed by atoms with Crippen LogP contribution in [0.3, 0.4) is 0 Å². The first kappa shape index (κ1) is 14.1. The number of rotatable bonds is 2. The van der Waals surface area contributed by atoms with E-state index in [2.05, 4.69) is 42.2 Å². The molecule has 0 spiro atoms. The van der Waals surface area contributed by atoms with E-state index in [1.54, 1.807) is 0 Å². The molecule has 3 aromatic rings. The highest BCUT2D eigenvalue weighted by molar-refractivity contribution is 5.89. The van der Waals surface area contributed by atoms with Crippen LogP contribution in [0.5, 0.6) is 0 Å². The van der Waals surface area contributed by atoms with Crippen molar-refractivity contribution in [1.29, 1.82) is 0 Å². The number of carbonyl (C=O) groups excluding carboxylic acids is 1. The second-order valence-electron chi connectivity index (χ2n) is 6.41. The number of fused-ring (bicyclic) bond motifs is 2. The standard InChI is InChI=1S/C20H20N2O/c1-14-12-22(13-15-6-2-3-7-17(14)15)20(23)10-16-11-21-19-9-5-4-8-18(16)19/h2-9,11,14,21H,10,12-13H2,1H3. The SMILES string of the molecule is CC1CN(C(=O)Cc2c[nH]c3ccccc23)Cc2ccccc21. The van der Waals surface area contributed by atoms with E-state index in [0.29, 0.717) is 12.3 Å². The smallest absolute Gasteiger partial charge is 0.227 e. The summed E-state index contributed by atoms with van der Waals surface area (Å²) in [5.74, 6) is 0.600. The van der Waals surface area contributed by atoms with Crippen LogP contribution in [0.4, 0.5) is 0 Å². The summed E-state index contributed by atoms with van der Waals surface area (Å²) in [4.78, 5) is 18.0. The van der Waals surface area contributed by atoms with E-state index >= 15 is 0 Å². The van der Waals surface area contributed by atoms with Crippen molar-refractivity contribution in [1.82, 2.24) is 9.88 Å². The van der Waals surface area contributed by atoms with E-state index in [0.717, 1.165) is 29.6 Å². The van der Waals surface area contributed by atoms with Gasteiger partial charge in [-0.1, -0.05) is 49.4 Å². The van der Waals surface area contributed by atoms with Crippen molar-refractivity contribution in [3.05, 3.63) is 71.4 Å². The average molecular weight is 304 g/mol. The minimum atomic E-state index is 0.205. The largest absolute Gasteiger partial charge is 0.361 e. The predicted octanol–water partition coefficient (Wildman–Crippen LogP) is 3.86. The Labute approximate surface area is 135 Å². The Hall–Kier alpha value is -2.55. The number of H-pyrrole nitrogens is 1. The molecule has 3 heteroatoms. The summed E-state index contributed by atoms with van der Waals surface area (Å²) in [6, 6.07) is 16.6. The summed E-state index contributed by atoms with van der Waals surface area (Å²) < 4.78 is 0.